The number of hydrogen-bond acceptors (Lipinski definition) is 4. The summed E-state index contributed by atoms with van der Waals surface area (Å²) in [4.78, 5) is 41.9. The molecule has 7 nitrogen and oxygen atoms in total. The van der Waals surface area contributed by atoms with E-state index >= 15 is 0 Å². The lowest BCUT2D eigenvalue weighted by molar-refractivity contribution is 0.0950. The second kappa shape index (κ2) is 6.84. The van der Waals surface area contributed by atoms with Crippen LogP contribution in [0.1, 0.15) is 35.8 Å². The van der Waals surface area contributed by atoms with Crippen molar-refractivity contribution in [3.05, 3.63) is 62.7 Å². The molecular formula is C15H18N4O3. The van der Waals surface area contributed by atoms with Gasteiger partial charge < -0.3 is 10.3 Å². The SMILES string of the molecule is CC(C)c1ccc(C(=O)NCCn2cnccc2=O)c(=O)[nH]1. The number of aromatic nitrogens is 3. The van der Waals surface area contributed by atoms with Crippen LogP contribution in [0.15, 0.2) is 40.3 Å². The van der Waals surface area contributed by atoms with Crippen LogP contribution in [0.5, 0.6) is 0 Å². The molecule has 2 aromatic rings. The lowest BCUT2D eigenvalue weighted by Crippen LogP contribution is -2.33. The molecule has 1 amide bonds. The predicted molar refractivity (Wildman–Crippen MR) is 82.0 cm³/mol. The highest BCUT2D eigenvalue weighted by Crippen LogP contribution is 2.08. The normalized spacial score (nSPS) is 10.7. The third kappa shape index (κ3) is 3.69. The largest absolute Gasteiger partial charge is 0.350 e. The average molecular weight is 302 g/mol. The van der Waals surface area contributed by atoms with Gasteiger partial charge in [0.05, 0.1) is 6.33 Å². The minimum Gasteiger partial charge on any atom is -0.350 e. The second-order valence-corrected chi connectivity index (χ2v) is 5.18. The number of rotatable bonds is 5. The van der Waals surface area contributed by atoms with Crippen LogP contribution in [0.3, 0.4) is 0 Å². The number of H-pyrrole nitrogens is 1. The monoisotopic (exact) mass is 302 g/mol. The third-order valence-corrected chi connectivity index (χ3v) is 3.23. The molecule has 0 fully saturated rings. The van der Waals surface area contributed by atoms with Gasteiger partial charge in [-0.25, -0.2) is 4.98 Å². The topological polar surface area (TPSA) is 96.8 Å². The molecule has 2 rings (SSSR count). The molecule has 2 N–H and O–H groups in total. The van der Waals surface area contributed by atoms with Crippen LogP contribution < -0.4 is 16.4 Å². The van der Waals surface area contributed by atoms with Crippen LogP contribution in [-0.2, 0) is 6.54 Å². The molecular weight excluding hydrogens is 284 g/mol. The van der Waals surface area contributed by atoms with Crippen LogP contribution >= 0.6 is 0 Å². The summed E-state index contributed by atoms with van der Waals surface area (Å²) in [6, 6.07) is 4.59. The van der Waals surface area contributed by atoms with Crippen molar-refractivity contribution in [2.75, 3.05) is 6.54 Å². The fraction of sp³-hybridized carbons (Fsp3) is 0.333. The van der Waals surface area contributed by atoms with Crippen molar-refractivity contribution in [2.45, 2.75) is 26.3 Å². The van der Waals surface area contributed by atoms with Crippen molar-refractivity contribution in [3.63, 3.8) is 0 Å². The minimum absolute atomic E-state index is 0.0583. The second-order valence-electron chi connectivity index (χ2n) is 5.18. The lowest BCUT2D eigenvalue weighted by atomic mass is 10.1. The number of nitrogens with zero attached hydrogens (tertiary/aromatic N) is 2. The quantitative estimate of drug-likeness (QED) is 0.839. The molecule has 0 unspecified atom stereocenters. The molecule has 116 valence electrons. The smallest absolute Gasteiger partial charge is 0.261 e. The Morgan fingerprint density at radius 2 is 2.09 bits per heavy atom. The van der Waals surface area contributed by atoms with E-state index in [1.54, 1.807) is 6.07 Å². The van der Waals surface area contributed by atoms with E-state index in [0.29, 0.717) is 6.54 Å². The first kappa shape index (κ1) is 15.7. The van der Waals surface area contributed by atoms with Crippen LogP contribution in [0.4, 0.5) is 0 Å². The molecule has 0 aliphatic heterocycles. The highest BCUT2D eigenvalue weighted by atomic mass is 16.2. The fourth-order valence-electron chi connectivity index (χ4n) is 1.94. The van der Waals surface area contributed by atoms with Crippen LogP contribution in [0.2, 0.25) is 0 Å². The summed E-state index contributed by atoms with van der Waals surface area (Å²) < 4.78 is 1.38. The summed E-state index contributed by atoms with van der Waals surface area (Å²) >= 11 is 0. The predicted octanol–water partition coefficient (Wildman–Crippen LogP) is 0.485. The van der Waals surface area contributed by atoms with Crippen molar-refractivity contribution in [1.82, 2.24) is 19.9 Å². The van der Waals surface area contributed by atoms with E-state index in [2.05, 4.69) is 15.3 Å². The number of amides is 1. The Bertz CT molecular complexity index is 777. The van der Waals surface area contributed by atoms with E-state index in [1.165, 1.54) is 29.2 Å². The number of carbonyl (C=O) groups is 1. The molecule has 7 heteroatoms. The van der Waals surface area contributed by atoms with E-state index in [0.717, 1.165) is 5.69 Å². The molecule has 0 saturated carbocycles. The Hall–Kier alpha value is -2.70. The summed E-state index contributed by atoms with van der Waals surface area (Å²) in [5.41, 5.74) is 0.233. The van der Waals surface area contributed by atoms with Gasteiger partial charge in [0.15, 0.2) is 0 Å². The number of hydrogen-bond donors (Lipinski definition) is 2. The molecule has 0 bridgehead atoms. The Morgan fingerprint density at radius 3 is 2.73 bits per heavy atom. The highest BCUT2D eigenvalue weighted by molar-refractivity contribution is 5.93. The van der Waals surface area contributed by atoms with Gasteiger partial charge in [0, 0.05) is 31.0 Å². The van der Waals surface area contributed by atoms with Gasteiger partial charge in [-0.1, -0.05) is 13.8 Å². The number of pyridine rings is 1. The van der Waals surface area contributed by atoms with Crippen molar-refractivity contribution in [3.8, 4) is 0 Å². The summed E-state index contributed by atoms with van der Waals surface area (Å²) in [6.07, 6.45) is 2.81. The first-order valence-corrected chi connectivity index (χ1v) is 7.01. The minimum atomic E-state index is -0.464. The van der Waals surface area contributed by atoms with Crippen molar-refractivity contribution in [2.24, 2.45) is 0 Å². The van der Waals surface area contributed by atoms with E-state index in [9.17, 15) is 14.4 Å². The summed E-state index contributed by atoms with van der Waals surface area (Å²) in [7, 11) is 0. The molecule has 0 atom stereocenters. The zero-order chi connectivity index (χ0) is 16.1. The van der Waals surface area contributed by atoms with Gasteiger partial charge in [-0.05, 0) is 18.1 Å². The van der Waals surface area contributed by atoms with Crippen LogP contribution in [0, 0.1) is 0 Å². The Balaban J connectivity index is 2.00. The maximum Gasteiger partial charge on any atom is 0.261 e. The highest BCUT2D eigenvalue weighted by Gasteiger charge is 2.11. The van der Waals surface area contributed by atoms with Crippen molar-refractivity contribution < 1.29 is 4.79 Å². The van der Waals surface area contributed by atoms with Crippen molar-refractivity contribution >= 4 is 5.91 Å². The van der Waals surface area contributed by atoms with Crippen LogP contribution in [0.25, 0.3) is 0 Å². The fourth-order valence-corrected chi connectivity index (χ4v) is 1.94. The Morgan fingerprint density at radius 1 is 1.32 bits per heavy atom. The van der Waals surface area contributed by atoms with Crippen molar-refractivity contribution in [1.29, 1.82) is 0 Å². The Labute approximate surface area is 127 Å². The van der Waals surface area contributed by atoms with E-state index < -0.39 is 11.5 Å². The van der Waals surface area contributed by atoms with Gasteiger partial charge in [0.2, 0.25) is 0 Å². The lowest BCUT2D eigenvalue weighted by Gasteiger charge is -2.08. The molecule has 0 aliphatic carbocycles. The third-order valence-electron chi connectivity index (χ3n) is 3.23. The first-order chi connectivity index (χ1) is 10.5. The summed E-state index contributed by atoms with van der Waals surface area (Å²) in [5, 5.41) is 2.62. The number of aromatic amines is 1. The van der Waals surface area contributed by atoms with Gasteiger partial charge in [-0.2, -0.15) is 0 Å². The summed E-state index contributed by atoms with van der Waals surface area (Å²) in [5.74, 6) is -0.282. The van der Waals surface area contributed by atoms with E-state index in [-0.39, 0.29) is 23.6 Å². The molecule has 0 aromatic carbocycles. The van der Waals surface area contributed by atoms with Gasteiger partial charge in [0.25, 0.3) is 17.0 Å². The Kier molecular flexibility index (Phi) is 4.88. The van der Waals surface area contributed by atoms with Crippen LogP contribution in [-0.4, -0.2) is 27.0 Å². The molecule has 2 aromatic heterocycles. The maximum absolute atomic E-state index is 12.0. The maximum atomic E-state index is 12.0. The van der Waals surface area contributed by atoms with Gasteiger partial charge >= 0.3 is 0 Å². The van der Waals surface area contributed by atoms with Gasteiger partial charge in [0.1, 0.15) is 5.56 Å². The van der Waals surface area contributed by atoms with Gasteiger partial charge in [-0.3, -0.25) is 19.0 Å². The zero-order valence-corrected chi connectivity index (χ0v) is 12.5. The molecule has 0 saturated heterocycles. The molecule has 0 spiro atoms. The molecule has 22 heavy (non-hydrogen) atoms. The first-order valence-electron chi connectivity index (χ1n) is 7.01. The number of carbonyl (C=O) groups excluding carboxylic acids is 1. The van der Waals surface area contributed by atoms with E-state index in [4.69, 9.17) is 0 Å². The number of nitrogens with one attached hydrogen (secondary N) is 2. The summed E-state index contributed by atoms with van der Waals surface area (Å²) in [6.45, 7) is 4.43. The van der Waals surface area contributed by atoms with E-state index in [1.807, 2.05) is 13.8 Å². The molecule has 0 radical (unpaired) electrons. The van der Waals surface area contributed by atoms with Gasteiger partial charge in [-0.15, -0.1) is 0 Å². The molecule has 0 aliphatic rings. The average Bonchev–Trinajstić information content (AvgIpc) is 2.48. The standard InChI is InChI=1S/C15H18N4O3/c1-10(2)12-4-3-11(15(22)18-12)14(21)17-7-8-19-9-16-6-5-13(19)20/h3-6,9-10H,7-8H2,1-2H3,(H,17,21)(H,18,22). The molecule has 2 heterocycles. The zero-order valence-electron chi connectivity index (χ0n) is 12.5.